The molecule has 0 amide bonds. The molecule has 1 heterocycles. The van der Waals surface area contributed by atoms with Crippen LogP contribution in [0.5, 0.6) is 0 Å². The molecule has 1 aromatic heterocycles. The fourth-order valence-corrected chi connectivity index (χ4v) is 1.74. The molecule has 0 radical (unpaired) electrons. The molecule has 0 spiro atoms. The van der Waals surface area contributed by atoms with E-state index in [0.717, 1.165) is 28.8 Å². The quantitative estimate of drug-likeness (QED) is 0.644. The molecule has 2 heteroatoms. The van der Waals surface area contributed by atoms with Crippen molar-refractivity contribution >= 4 is 17.1 Å². The maximum Gasteiger partial charge on any atom is 0.0894 e. The van der Waals surface area contributed by atoms with Gasteiger partial charge in [0, 0.05) is 6.42 Å². The number of hydrogen-bond acceptors (Lipinski definition) is 2. The van der Waals surface area contributed by atoms with Gasteiger partial charge in [-0.2, -0.15) is 0 Å². The van der Waals surface area contributed by atoms with Crippen molar-refractivity contribution in [2.24, 2.45) is 0 Å². The summed E-state index contributed by atoms with van der Waals surface area (Å²) in [7, 11) is 0. The Kier molecular flexibility index (Phi) is 1.85. The van der Waals surface area contributed by atoms with Crippen molar-refractivity contribution in [3.8, 4) is 0 Å². The second-order valence-corrected chi connectivity index (χ2v) is 3.54. The minimum atomic E-state index is 0.861. The van der Waals surface area contributed by atoms with E-state index in [9.17, 15) is 0 Å². The first kappa shape index (κ1) is 8.36. The molecular formula is C13H10N2. The Morgan fingerprint density at radius 1 is 0.933 bits per heavy atom. The molecule has 2 aromatic rings. The van der Waals surface area contributed by atoms with Crippen LogP contribution in [-0.2, 0) is 6.42 Å². The zero-order valence-corrected chi connectivity index (χ0v) is 8.22. The lowest BCUT2D eigenvalue weighted by molar-refractivity contribution is 1.09. The van der Waals surface area contributed by atoms with E-state index in [1.165, 1.54) is 0 Å². The largest absolute Gasteiger partial charge is 0.249 e. The van der Waals surface area contributed by atoms with E-state index in [4.69, 9.17) is 0 Å². The molecule has 1 aliphatic carbocycles. The van der Waals surface area contributed by atoms with Crippen LogP contribution in [0.1, 0.15) is 11.4 Å². The fourth-order valence-electron chi connectivity index (χ4n) is 1.74. The maximum atomic E-state index is 4.61. The van der Waals surface area contributed by atoms with E-state index in [-0.39, 0.29) is 0 Å². The summed E-state index contributed by atoms with van der Waals surface area (Å²) in [4.78, 5) is 9.20. The summed E-state index contributed by atoms with van der Waals surface area (Å²) >= 11 is 0. The number of allylic oxidation sites excluding steroid dienone is 3. The fraction of sp³-hybridized carbons (Fsp3) is 0.0769. The predicted molar refractivity (Wildman–Crippen MR) is 61.4 cm³/mol. The Morgan fingerprint density at radius 2 is 1.73 bits per heavy atom. The van der Waals surface area contributed by atoms with Crippen molar-refractivity contribution in [3.63, 3.8) is 0 Å². The lowest BCUT2D eigenvalue weighted by atomic mass is 10.2. The highest BCUT2D eigenvalue weighted by Gasteiger charge is 2.05. The number of nitrogens with zero attached hydrogens (tertiary/aromatic N) is 2. The first-order chi connectivity index (χ1) is 7.43. The lowest BCUT2D eigenvalue weighted by Gasteiger charge is -2.03. The van der Waals surface area contributed by atoms with Gasteiger partial charge in [-0.15, -0.1) is 0 Å². The van der Waals surface area contributed by atoms with Gasteiger partial charge in [0.2, 0.25) is 0 Å². The Morgan fingerprint density at radius 3 is 2.60 bits per heavy atom. The molecule has 0 aliphatic heterocycles. The second kappa shape index (κ2) is 3.31. The first-order valence-electron chi connectivity index (χ1n) is 5.02. The van der Waals surface area contributed by atoms with Crippen LogP contribution >= 0.6 is 0 Å². The van der Waals surface area contributed by atoms with E-state index in [2.05, 4.69) is 16.0 Å². The van der Waals surface area contributed by atoms with E-state index >= 15 is 0 Å². The molecule has 0 atom stereocenters. The van der Waals surface area contributed by atoms with E-state index < -0.39 is 0 Å². The zero-order chi connectivity index (χ0) is 10.1. The van der Waals surface area contributed by atoms with Crippen molar-refractivity contribution in [3.05, 3.63) is 53.9 Å². The Labute approximate surface area is 88.0 Å². The van der Waals surface area contributed by atoms with Crippen LogP contribution in [0.2, 0.25) is 0 Å². The number of benzene rings is 1. The molecule has 0 saturated carbocycles. The molecule has 0 bridgehead atoms. The standard InChI is InChI=1S/C13H10N2/c1-2-6-10-11(7-3-1)15-13-9-5-4-8-12(13)14-10/h1-6,8-9H,7H2. The summed E-state index contributed by atoms with van der Waals surface area (Å²) in [5, 5.41) is 0. The summed E-state index contributed by atoms with van der Waals surface area (Å²) in [5.41, 5.74) is 3.97. The van der Waals surface area contributed by atoms with Gasteiger partial charge >= 0.3 is 0 Å². The third-order valence-electron chi connectivity index (χ3n) is 2.49. The number of hydrogen-bond donors (Lipinski definition) is 0. The van der Waals surface area contributed by atoms with Crippen molar-refractivity contribution in [1.82, 2.24) is 9.97 Å². The van der Waals surface area contributed by atoms with Gasteiger partial charge < -0.3 is 0 Å². The molecular weight excluding hydrogens is 184 g/mol. The van der Waals surface area contributed by atoms with Gasteiger partial charge in [-0.1, -0.05) is 30.4 Å². The summed E-state index contributed by atoms with van der Waals surface area (Å²) in [6, 6.07) is 7.98. The molecule has 1 aliphatic rings. The van der Waals surface area contributed by atoms with Gasteiger partial charge in [-0.05, 0) is 18.2 Å². The average molecular weight is 194 g/mol. The Hall–Kier alpha value is -1.96. The van der Waals surface area contributed by atoms with Crippen LogP contribution in [0, 0.1) is 0 Å². The van der Waals surface area contributed by atoms with Gasteiger partial charge in [-0.3, -0.25) is 0 Å². The third kappa shape index (κ3) is 1.44. The van der Waals surface area contributed by atoms with Crippen molar-refractivity contribution in [2.75, 3.05) is 0 Å². The van der Waals surface area contributed by atoms with Crippen LogP contribution in [0.3, 0.4) is 0 Å². The third-order valence-corrected chi connectivity index (χ3v) is 2.49. The molecule has 1 aromatic carbocycles. The van der Waals surface area contributed by atoms with E-state index in [1.54, 1.807) is 0 Å². The van der Waals surface area contributed by atoms with Gasteiger partial charge in [0.05, 0.1) is 22.4 Å². The van der Waals surface area contributed by atoms with Crippen LogP contribution in [0.15, 0.2) is 42.5 Å². The summed E-state index contributed by atoms with van der Waals surface area (Å²) in [6.07, 6.45) is 9.02. The highest BCUT2D eigenvalue weighted by atomic mass is 14.8. The van der Waals surface area contributed by atoms with Crippen molar-refractivity contribution < 1.29 is 0 Å². The van der Waals surface area contributed by atoms with Crippen LogP contribution < -0.4 is 0 Å². The first-order valence-corrected chi connectivity index (χ1v) is 5.02. The molecule has 72 valence electrons. The Balaban J connectivity index is 2.31. The van der Waals surface area contributed by atoms with Gasteiger partial charge in [0.15, 0.2) is 0 Å². The van der Waals surface area contributed by atoms with Crippen LogP contribution in [0.4, 0.5) is 0 Å². The normalized spacial score (nSPS) is 13.9. The second-order valence-electron chi connectivity index (χ2n) is 3.54. The minimum Gasteiger partial charge on any atom is -0.249 e. The smallest absolute Gasteiger partial charge is 0.0894 e. The minimum absolute atomic E-state index is 0.861. The molecule has 15 heavy (non-hydrogen) atoms. The number of fused-ring (bicyclic) bond motifs is 2. The summed E-state index contributed by atoms with van der Waals surface area (Å²) < 4.78 is 0. The van der Waals surface area contributed by atoms with Gasteiger partial charge in [0.25, 0.3) is 0 Å². The molecule has 0 fully saturated rings. The molecule has 3 rings (SSSR count). The van der Waals surface area contributed by atoms with Gasteiger partial charge in [-0.25, -0.2) is 9.97 Å². The number of aromatic nitrogens is 2. The summed E-state index contributed by atoms with van der Waals surface area (Å²) in [6.45, 7) is 0. The van der Waals surface area contributed by atoms with Crippen LogP contribution in [-0.4, -0.2) is 9.97 Å². The SMILES string of the molecule is C1=CCc2nc3ccccc3nc2C=C1. The molecule has 0 saturated heterocycles. The molecule has 0 unspecified atom stereocenters. The number of para-hydroxylation sites is 2. The monoisotopic (exact) mass is 194 g/mol. The topological polar surface area (TPSA) is 25.8 Å². The maximum absolute atomic E-state index is 4.61. The van der Waals surface area contributed by atoms with Gasteiger partial charge in [0.1, 0.15) is 0 Å². The van der Waals surface area contributed by atoms with E-state index in [0.29, 0.717) is 0 Å². The predicted octanol–water partition coefficient (Wildman–Crippen LogP) is 2.76. The highest BCUT2D eigenvalue weighted by molar-refractivity contribution is 5.76. The number of rotatable bonds is 0. The summed E-state index contributed by atoms with van der Waals surface area (Å²) in [5.74, 6) is 0. The van der Waals surface area contributed by atoms with Crippen molar-refractivity contribution in [1.29, 1.82) is 0 Å². The zero-order valence-electron chi connectivity index (χ0n) is 8.22. The molecule has 2 nitrogen and oxygen atoms in total. The van der Waals surface area contributed by atoms with Crippen LogP contribution in [0.25, 0.3) is 17.1 Å². The Bertz CT molecular complexity index is 568. The lowest BCUT2D eigenvalue weighted by Crippen LogP contribution is -1.96. The van der Waals surface area contributed by atoms with E-state index in [1.807, 2.05) is 42.5 Å². The highest BCUT2D eigenvalue weighted by Crippen LogP contribution is 2.16. The molecule has 0 N–H and O–H groups in total. The average Bonchev–Trinajstić information content (AvgIpc) is 2.50. The van der Waals surface area contributed by atoms with Crippen molar-refractivity contribution in [2.45, 2.75) is 6.42 Å².